The topological polar surface area (TPSA) is 126 Å². The lowest BCUT2D eigenvalue weighted by Crippen LogP contribution is -2.65. The van der Waals surface area contributed by atoms with E-state index in [0.717, 1.165) is 49.9 Å². The molecule has 5 N–H and O–H groups in total. The van der Waals surface area contributed by atoms with Crippen LogP contribution in [0.5, 0.6) is 0 Å². The van der Waals surface area contributed by atoms with E-state index in [9.17, 15) is 25.2 Å². The van der Waals surface area contributed by atoms with Crippen molar-refractivity contribution in [1.29, 1.82) is 0 Å². The Morgan fingerprint density at radius 3 is 2.29 bits per heavy atom. The number of aliphatic hydroxyl groups is 4. The Hall–Kier alpha value is -0.870. The van der Waals surface area contributed by atoms with Crippen molar-refractivity contribution < 1.29 is 25.2 Å². The van der Waals surface area contributed by atoms with Gasteiger partial charge in [-0.1, -0.05) is 11.8 Å². The van der Waals surface area contributed by atoms with Gasteiger partial charge in [0.25, 0.3) is 0 Å². The molecule has 0 aromatic heterocycles. The van der Waals surface area contributed by atoms with Gasteiger partial charge in [-0.25, -0.2) is 0 Å². The molecule has 0 aromatic carbocycles. The van der Waals surface area contributed by atoms with E-state index < -0.39 is 30.6 Å². The normalized spacial score (nSPS) is 47.1. The third kappa shape index (κ3) is 3.90. The van der Waals surface area contributed by atoms with E-state index in [1.165, 1.54) is 35.9 Å². The first-order valence-corrected chi connectivity index (χ1v) is 12.8. The molecule has 2 heterocycles. The lowest BCUT2D eigenvalue weighted by atomic mass is 9.49. The highest BCUT2D eigenvalue weighted by atomic mass is 32.2. The Kier molecular flexibility index (Phi) is 6.01. The molecule has 4 aliphatic carbocycles. The van der Waals surface area contributed by atoms with E-state index in [4.69, 9.17) is 0 Å². The summed E-state index contributed by atoms with van der Waals surface area (Å²) in [5.41, 5.74) is -0.0961. The number of carbonyl (C=O) groups is 1. The third-order valence-electron chi connectivity index (χ3n) is 8.28. The van der Waals surface area contributed by atoms with Crippen molar-refractivity contribution in [3.63, 3.8) is 0 Å². The van der Waals surface area contributed by atoms with Crippen LogP contribution in [-0.4, -0.2) is 85.8 Å². The number of carbonyl (C=O) groups excluding carboxylic acids is 1. The average molecular weight is 454 g/mol. The average Bonchev–Trinajstić information content (AvgIpc) is 3.16. The van der Waals surface area contributed by atoms with Gasteiger partial charge in [-0.2, -0.15) is 0 Å². The zero-order chi connectivity index (χ0) is 21.8. The molecule has 5 atom stereocenters. The van der Waals surface area contributed by atoms with Gasteiger partial charge >= 0.3 is 0 Å². The molecule has 5 unspecified atom stereocenters. The molecule has 6 aliphatic rings. The van der Waals surface area contributed by atoms with Crippen LogP contribution in [0.25, 0.3) is 0 Å². The Labute approximate surface area is 187 Å². The number of piperidine rings is 1. The Morgan fingerprint density at radius 2 is 1.65 bits per heavy atom. The maximum atomic E-state index is 13.0. The first kappa shape index (κ1) is 21.9. The fourth-order valence-electron chi connectivity index (χ4n) is 7.12. The molecule has 4 bridgehead atoms. The van der Waals surface area contributed by atoms with Gasteiger partial charge in [-0.15, -0.1) is 0 Å². The number of fused-ring (bicyclic) bond motifs is 1. The molecule has 0 spiro atoms. The summed E-state index contributed by atoms with van der Waals surface area (Å²) < 4.78 is 0. The molecule has 4 saturated carbocycles. The number of nitrogens with zero attached hydrogens (tertiary/aromatic N) is 2. The van der Waals surface area contributed by atoms with Crippen molar-refractivity contribution >= 4 is 22.8 Å². The first-order valence-electron chi connectivity index (χ1n) is 11.8. The number of hydrogen-bond acceptors (Lipinski definition) is 7. The van der Waals surface area contributed by atoms with Gasteiger partial charge < -0.3 is 30.6 Å². The zero-order valence-corrected chi connectivity index (χ0v) is 18.7. The lowest BCUT2D eigenvalue weighted by molar-refractivity contribution is -0.190. The molecule has 6 fully saturated rings. The smallest absolute Gasteiger partial charge is 0.226 e. The molecule has 1 amide bonds. The van der Waals surface area contributed by atoms with Gasteiger partial charge in [-0.05, 0) is 69.1 Å². The van der Waals surface area contributed by atoms with Crippen LogP contribution >= 0.6 is 11.8 Å². The summed E-state index contributed by atoms with van der Waals surface area (Å²) in [5, 5.41) is 44.1. The third-order valence-corrected chi connectivity index (χ3v) is 9.39. The van der Waals surface area contributed by atoms with Crippen LogP contribution in [0, 0.1) is 23.2 Å². The summed E-state index contributed by atoms with van der Waals surface area (Å²) in [5.74, 6) is 3.09. The van der Waals surface area contributed by atoms with E-state index in [0.29, 0.717) is 24.0 Å². The Bertz CT molecular complexity index is 699. The van der Waals surface area contributed by atoms with Gasteiger partial charge in [0.05, 0.1) is 6.04 Å². The minimum atomic E-state index is -1.42. The molecule has 31 heavy (non-hydrogen) atoms. The lowest BCUT2D eigenvalue weighted by Gasteiger charge is -2.55. The highest BCUT2D eigenvalue weighted by Crippen LogP contribution is 2.60. The first-order chi connectivity index (χ1) is 14.9. The fourth-order valence-corrected chi connectivity index (χ4v) is 8.37. The Balaban J connectivity index is 1.07. The van der Waals surface area contributed by atoms with Crippen LogP contribution in [0.2, 0.25) is 0 Å². The second-order valence-corrected chi connectivity index (χ2v) is 11.5. The predicted octanol–water partition coefficient (Wildman–Crippen LogP) is 0.287. The number of thioether (sulfide) groups is 1. The van der Waals surface area contributed by atoms with Crippen LogP contribution in [-0.2, 0) is 4.79 Å². The van der Waals surface area contributed by atoms with E-state index in [1.54, 1.807) is 0 Å². The quantitative estimate of drug-likeness (QED) is 0.366. The molecule has 6 rings (SSSR count). The van der Waals surface area contributed by atoms with E-state index in [1.807, 2.05) is 0 Å². The van der Waals surface area contributed by atoms with Crippen LogP contribution in [0.4, 0.5) is 0 Å². The van der Waals surface area contributed by atoms with Crippen molar-refractivity contribution in [2.75, 3.05) is 18.8 Å². The van der Waals surface area contributed by atoms with Crippen LogP contribution in [0.3, 0.4) is 0 Å². The molecular formula is C22H35N3O5S. The second-order valence-electron chi connectivity index (χ2n) is 10.5. The SMILES string of the molecule is O=C(NCCCCN=C1SCC2C(O)C(O)C(O)C(O)N12)C12CC3CC(CC(C3)C1)C2. The fraction of sp³-hybridized carbons (Fsp3) is 0.909. The monoisotopic (exact) mass is 453 g/mol. The van der Waals surface area contributed by atoms with Crippen molar-refractivity contribution in [3.05, 3.63) is 0 Å². The Morgan fingerprint density at radius 1 is 1.00 bits per heavy atom. The van der Waals surface area contributed by atoms with Crippen molar-refractivity contribution in [1.82, 2.24) is 10.2 Å². The summed E-state index contributed by atoms with van der Waals surface area (Å²) in [4.78, 5) is 19.1. The number of amides is 1. The number of nitrogens with one attached hydrogen (secondary N) is 1. The largest absolute Gasteiger partial charge is 0.388 e. The molecule has 8 nitrogen and oxygen atoms in total. The number of rotatable bonds is 6. The van der Waals surface area contributed by atoms with Gasteiger partial charge in [-0.3, -0.25) is 9.79 Å². The van der Waals surface area contributed by atoms with Crippen LogP contribution in [0.15, 0.2) is 4.99 Å². The molecule has 0 radical (unpaired) electrons. The highest BCUT2D eigenvalue weighted by molar-refractivity contribution is 8.14. The van der Waals surface area contributed by atoms with E-state index in [-0.39, 0.29) is 11.3 Å². The predicted molar refractivity (Wildman–Crippen MR) is 117 cm³/mol. The summed E-state index contributed by atoms with van der Waals surface area (Å²) >= 11 is 1.42. The number of amidine groups is 1. The second kappa shape index (κ2) is 8.48. The van der Waals surface area contributed by atoms with E-state index >= 15 is 0 Å². The van der Waals surface area contributed by atoms with Gasteiger partial charge in [0, 0.05) is 24.3 Å². The summed E-state index contributed by atoms with van der Waals surface area (Å²) in [7, 11) is 0. The minimum Gasteiger partial charge on any atom is -0.388 e. The number of hydrogen-bond donors (Lipinski definition) is 5. The van der Waals surface area contributed by atoms with E-state index in [2.05, 4.69) is 10.3 Å². The number of aliphatic hydroxyl groups excluding tert-OH is 4. The minimum absolute atomic E-state index is 0.0961. The van der Waals surface area contributed by atoms with Crippen molar-refractivity contribution in [3.8, 4) is 0 Å². The molecule has 2 saturated heterocycles. The van der Waals surface area contributed by atoms with Gasteiger partial charge in [0.15, 0.2) is 11.4 Å². The molecule has 0 aromatic rings. The summed E-state index contributed by atoms with van der Waals surface area (Å²) in [6.45, 7) is 1.22. The van der Waals surface area contributed by atoms with Crippen LogP contribution in [0.1, 0.15) is 51.4 Å². The molecule has 2 aliphatic heterocycles. The molecule has 9 heteroatoms. The molecular weight excluding hydrogens is 418 g/mol. The zero-order valence-electron chi connectivity index (χ0n) is 17.9. The van der Waals surface area contributed by atoms with Crippen molar-refractivity contribution in [2.24, 2.45) is 28.2 Å². The summed E-state index contributed by atoms with van der Waals surface area (Å²) in [6, 6.07) is -0.447. The maximum absolute atomic E-state index is 13.0. The van der Waals surface area contributed by atoms with Crippen molar-refractivity contribution in [2.45, 2.75) is 81.9 Å². The summed E-state index contributed by atoms with van der Waals surface area (Å²) in [6.07, 6.45) is 3.77. The van der Waals surface area contributed by atoms with Gasteiger partial charge in [0.1, 0.15) is 18.3 Å². The number of unbranched alkanes of at least 4 members (excludes halogenated alkanes) is 1. The number of aliphatic imine (C=N–C) groups is 1. The van der Waals surface area contributed by atoms with Crippen LogP contribution < -0.4 is 5.32 Å². The maximum Gasteiger partial charge on any atom is 0.226 e. The highest BCUT2D eigenvalue weighted by Gasteiger charge is 2.54. The van der Waals surface area contributed by atoms with Gasteiger partial charge in [0.2, 0.25) is 5.91 Å². The molecule has 174 valence electrons. The standard InChI is InChI=1S/C22H35N3O5S/c26-16-15-11-31-21(25(15)19(29)18(28)17(16)27)24-4-2-1-3-23-20(30)22-8-12-5-13(9-22)7-14(6-12)10-22/h12-19,26-29H,1-11H2,(H,23,30).